The topological polar surface area (TPSA) is 45.2 Å². The predicted octanol–water partition coefficient (Wildman–Crippen LogP) is 3.96. The molecule has 1 unspecified atom stereocenters. The van der Waals surface area contributed by atoms with Gasteiger partial charge in [-0.25, -0.2) is 4.98 Å². The summed E-state index contributed by atoms with van der Waals surface area (Å²) in [7, 11) is 0. The van der Waals surface area contributed by atoms with Crippen LogP contribution in [0.4, 0.5) is 0 Å². The third kappa shape index (κ3) is 4.32. The fourth-order valence-electron chi connectivity index (χ4n) is 3.23. The number of benzene rings is 1. The Morgan fingerprint density at radius 2 is 2.00 bits per heavy atom. The molecule has 4 nitrogen and oxygen atoms in total. The summed E-state index contributed by atoms with van der Waals surface area (Å²) in [5, 5.41) is 3.52. The Balaban J connectivity index is 1.63. The molecule has 0 fully saturated rings. The Kier molecular flexibility index (Phi) is 5.94. The van der Waals surface area contributed by atoms with E-state index in [4.69, 9.17) is 23.2 Å². The Morgan fingerprint density at radius 3 is 2.76 bits per heavy atom. The fourth-order valence-corrected chi connectivity index (χ4v) is 3.57. The first-order valence-corrected chi connectivity index (χ1v) is 9.25. The maximum Gasteiger partial charge on any atom is 0.271 e. The molecule has 132 valence electrons. The molecule has 0 spiro atoms. The highest BCUT2D eigenvalue weighted by Crippen LogP contribution is 2.21. The van der Waals surface area contributed by atoms with Gasteiger partial charge in [-0.1, -0.05) is 54.4 Å². The quantitative estimate of drug-likeness (QED) is 0.802. The van der Waals surface area contributed by atoms with Gasteiger partial charge < -0.3 is 5.32 Å². The minimum atomic E-state index is -0.289. The molecule has 1 N–H and O–H groups in total. The zero-order chi connectivity index (χ0) is 17.8. The molecule has 0 aliphatic carbocycles. The molecule has 25 heavy (non-hydrogen) atoms. The Bertz CT molecular complexity index is 766. The van der Waals surface area contributed by atoms with Crippen molar-refractivity contribution in [2.24, 2.45) is 0 Å². The fraction of sp³-hybridized carbons (Fsp3) is 0.368. The minimum Gasteiger partial charge on any atom is -0.349 e. The van der Waals surface area contributed by atoms with Crippen molar-refractivity contribution in [3.63, 3.8) is 0 Å². The van der Waals surface area contributed by atoms with Crippen LogP contribution in [-0.2, 0) is 13.0 Å². The van der Waals surface area contributed by atoms with Crippen molar-refractivity contribution in [3.05, 3.63) is 63.4 Å². The molecule has 1 aromatic heterocycles. The molecule has 2 heterocycles. The largest absolute Gasteiger partial charge is 0.349 e. The summed E-state index contributed by atoms with van der Waals surface area (Å²) in [5.74, 6) is -0.289. The number of carbonyl (C=O) groups is 1. The van der Waals surface area contributed by atoms with Gasteiger partial charge in [0.25, 0.3) is 5.91 Å². The van der Waals surface area contributed by atoms with Crippen LogP contribution in [0.1, 0.15) is 35.0 Å². The molecule has 0 saturated carbocycles. The number of rotatable bonds is 5. The van der Waals surface area contributed by atoms with Gasteiger partial charge in [0, 0.05) is 25.7 Å². The molecule has 0 bridgehead atoms. The molecule has 3 rings (SSSR count). The molecule has 2 aromatic rings. The summed E-state index contributed by atoms with van der Waals surface area (Å²) >= 11 is 11.9. The first kappa shape index (κ1) is 18.2. The molecular formula is C19H21Cl2N3O. The molecule has 6 heteroatoms. The molecule has 1 aliphatic heterocycles. The molecule has 1 aromatic carbocycles. The van der Waals surface area contributed by atoms with Crippen molar-refractivity contribution >= 4 is 29.1 Å². The van der Waals surface area contributed by atoms with E-state index >= 15 is 0 Å². The summed E-state index contributed by atoms with van der Waals surface area (Å²) in [5.41, 5.74) is 2.97. The summed E-state index contributed by atoms with van der Waals surface area (Å²) in [6.45, 7) is 4.62. The van der Waals surface area contributed by atoms with Gasteiger partial charge in [0.1, 0.15) is 10.8 Å². The summed E-state index contributed by atoms with van der Waals surface area (Å²) in [6.07, 6.45) is 2.00. The number of amides is 1. The number of carbonyl (C=O) groups excluding carboxylic acids is 1. The van der Waals surface area contributed by atoms with E-state index in [1.165, 1.54) is 11.1 Å². The summed E-state index contributed by atoms with van der Waals surface area (Å²) < 4.78 is 0. The number of hydrogen-bond acceptors (Lipinski definition) is 3. The van der Waals surface area contributed by atoms with Crippen LogP contribution in [-0.4, -0.2) is 34.9 Å². The first-order chi connectivity index (χ1) is 12.1. The van der Waals surface area contributed by atoms with Crippen molar-refractivity contribution in [2.75, 3.05) is 13.1 Å². The van der Waals surface area contributed by atoms with E-state index in [1.807, 2.05) is 0 Å². The van der Waals surface area contributed by atoms with E-state index in [-0.39, 0.29) is 22.8 Å². The predicted molar refractivity (Wildman–Crippen MR) is 101 cm³/mol. The lowest BCUT2D eigenvalue weighted by molar-refractivity contribution is 0.0921. The Labute approximate surface area is 158 Å². The lowest BCUT2D eigenvalue weighted by Gasteiger charge is -2.35. The number of nitrogens with one attached hydrogen (secondary N) is 1. The van der Waals surface area contributed by atoms with Gasteiger partial charge in [-0.2, -0.15) is 0 Å². The van der Waals surface area contributed by atoms with Gasteiger partial charge in [-0.15, -0.1) is 0 Å². The lowest BCUT2D eigenvalue weighted by atomic mass is 9.98. The van der Waals surface area contributed by atoms with Gasteiger partial charge in [-0.3, -0.25) is 9.69 Å². The van der Waals surface area contributed by atoms with Gasteiger partial charge >= 0.3 is 0 Å². The van der Waals surface area contributed by atoms with Gasteiger partial charge in [-0.05, 0) is 36.1 Å². The second kappa shape index (κ2) is 8.17. The maximum atomic E-state index is 12.4. The van der Waals surface area contributed by atoms with Gasteiger partial charge in [0.05, 0.1) is 5.02 Å². The van der Waals surface area contributed by atoms with E-state index < -0.39 is 0 Å². The zero-order valence-electron chi connectivity index (χ0n) is 14.1. The average Bonchev–Trinajstić information content (AvgIpc) is 2.64. The van der Waals surface area contributed by atoms with Gasteiger partial charge in [0.2, 0.25) is 0 Å². The van der Waals surface area contributed by atoms with E-state index in [1.54, 1.807) is 12.1 Å². The van der Waals surface area contributed by atoms with Crippen LogP contribution in [0.3, 0.4) is 0 Å². The average molecular weight is 378 g/mol. The highest BCUT2D eigenvalue weighted by atomic mass is 35.5. The minimum absolute atomic E-state index is 0.174. The number of hydrogen-bond donors (Lipinski definition) is 1. The van der Waals surface area contributed by atoms with Crippen LogP contribution in [0.25, 0.3) is 0 Å². The number of fused-ring (bicyclic) bond motifs is 1. The van der Waals surface area contributed by atoms with Crippen LogP contribution in [0.5, 0.6) is 0 Å². The molecule has 1 aliphatic rings. The smallest absolute Gasteiger partial charge is 0.271 e. The molecular weight excluding hydrogens is 357 g/mol. The Morgan fingerprint density at radius 1 is 1.24 bits per heavy atom. The molecule has 1 amide bonds. The van der Waals surface area contributed by atoms with Crippen LogP contribution in [0.2, 0.25) is 10.2 Å². The highest BCUT2D eigenvalue weighted by Gasteiger charge is 2.23. The molecule has 0 radical (unpaired) electrons. The van der Waals surface area contributed by atoms with Crippen LogP contribution in [0, 0.1) is 0 Å². The lowest BCUT2D eigenvalue weighted by Crippen LogP contribution is -2.45. The Hall–Kier alpha value is -1.62. The van der Waals surface area contributed by atoms with Crippen molar-refractivity contribution in [1.82, 2.24) is 15.2 Å². The monoisotopic (exact) mass is 377 g/mol. The second-order valence-electron chi connectivity index (χ2n) is 6.23. The van der Waals surface area contributed by atoms with Crippen LogP contribution < -0.4 is 5.32 Å². The van der Waals surface area contributed by atoms with E-state index in [0.29, 0.717) is 11.6 Å². The number of aromatic nitrogens is 1. The molecule has 1 atom stereocenters. The van der Waals surface area contributed by atoms with E-state index in [0.717, 1.165) is 25.9 Å². The van der Waals surface area contributed by atoms with Crippen molar-refractivity contribution < 1.29 is 4.79 Å². The zero-order valence-corrected chi connectivity index (χ0v) is 15.6. The van der Waals surface area contributed by atoms with Crippen molar-refractivity contribution in [2.45, 2.75) is 32.4 Å². The second-order valence-corrected chi connectivity index (χ2v) is 7.02. The number of nitrogens with zero attached hydrogens (tertiary/aromatic N) is 2. The number of halogens is 2. The normalized spacial score (nSPS) is 15.5. The first-order valence-electron chi connectivity index (χ1n) is 8.49. The van der Waals surface area contributed by atoms with Crippen molar-refractivity contribution in [1.29, 1.82) is 0 Å². The van der Waals surface area contributed by atoms with Crippen LogP contribution in [0.15, 0.2) is 36.4 Å². The SMILES string of the molecule is CCC(CNC(=O)c1nc(Cl)ccc1Cl)N1CCc2ccccc2C1. The maximum absolute atomic E-state index is 12.4. The summed E-state index contributed by atoms with van der Waals surface area (Å²) in [6, 6.07) is 12.0. The third-order valence-corrected chi connectivity index (χ3v) is 5.19. The third-order valence-electron chi connectivity index (χ3n) is 4.67. The molecule has 0 saturated heterocycles. The standard InChI is InChI=1S/C19H21Cl2N3O/c1-2-15(24-10-9-13-5-3-4-6-14(13)12-24)11-22-19(25)18-16(20)7-8-17(21)23-18/h3-8,15H,2,9-12H2,1H3,(H,22,25). The van der Waals surface area contributed by atoms with Crippen LogP contribution >= 0.6 is 23.2 Å². The van der Waals surface area contributed by atoms with E-state index in [9.17, 15) is 4.79 Å². The van der Waals surface area contributed by atoms with Gasteiger partial charge in [0.15, 0.2) is 0 Å². The van der Waals surface area contributed by atoms with E-state index in [2.05, 4.69) is 46.4 Å². The summed E-state index contributed by atoms with van der Waals surface area (Å²) in [4.78, 5) is 18.8. The highest BCUT2D eigenvalue weighted by molar-refractivity contribution is 6.34. The van der Waals surface area contributed by atoms with Crippen molar-refractivity contribution in [3.8, 4) is 0 Å². The number of pyridine rings is 1.